The standard InChI is InChI=1S/C17H22FN5OSi/c1-25(2,3)8-7-24-12-23-11-19-15-10-14(13(18)9-16(15)23)21-17-5-4-6-20-22-17/h4-6,9-11H,7-8,12H2,1-3H3,(H,21,22). The first kappa shape index (κ1) is 17.5. The van der Waals surface area contributed by atoms with Gasteiger partial charge in [0.25, 0.3) is 0 Å². The molecule has 0 aliphatic heterocycles. The minimum Gasteiger partial charge on any atom is -0.361 e. The average Bonchev–Trinajstić information content (AvgIpc) is 2.94. The molecule has 2 aromatic heterocycles. The smallest absolute Gasteiger partial charge is 0.153 e. The molecule has 0 atom stereocenters. The Morgan fingerprint density at radius 3 is 2.84 bits per heavy atom. The van der Waals surface area contributed by atoms with Crippen LogP contribution in [-0.2, 0) is 11.5 Å². The number of fused-ring (bicyclic) bond motifs is 1. The van der Waals surface area contributed by atoms with Crippen LogP contribution in [0, 0.1) is 5.82 Å². The van der Waals surface area contributed by atoms with Gasteiger partial charge in [-0.1, -0.05) is 19.6 Å². The monoisotopic (exact) mass is 359 g/mol. The molecule has 3 aromatic rings. The van der Waals surface area contributed by atoms with Gasteiger partial charge in [0, 0.05) is 26.9 Å². The molecule has 0 saturated carbocycles. The van der Waals surface area contributed by atoms with E-state index in [1.54, 1.807) is 30.7 Å². The molecule has 1 N–H and O–H groups in total. The normalized spacial score (nSPS) is 11.8. The lowest BCUT2D eigenvalue weighted by Crippen LogP contribution is -2.21. The summed E-state index contributed by atoms with van der Waals surface area (Å²) in [5, 5.41) is 10.6. The molecule has 0 saturated heterocycles. The number of nitrogens with one attached hydrogen (secondary N) is 1. The van der Waals surface area contributed by atoms with Crippen molar-refractivity contribution in [3.05, 3.63) is 42.6 Å². The summed E-state index contributed by atoms with van der Waals surface area (Å²) in [6, 6.07) is 7.68. The Hall–Kier alpha value is -2.32. The maximum Gasteiger partial charge on any atom is 0.153 e. The lowest BCUT2D eigenvalue weighted by atomic mass is 10.2. The van der Waals surface area contributed by atoms with Gasteiger partial charge in [-0.2, -0.15) is 5.10 Å². The van der Waals surface area contributed by atoms with Crippen LogP contribution in [-0.4, -0.2) is 34.4 Å². The predicted octanol–water partition coefficient (Wildman–Crippen LogP) is 4.02. The topological polar surface area (TPSA) is 64.9 Å². The minimum absolute atomic E-state index is 0.318. The summed E-state index contributed by atoms with van der Waals surface area (Å²) >= 11 is 0. The number of ether oxygens (including phenoxy) is 1. The van der Waals surface area contributed by atoms with Crippen LogP contribution in [0.1, 0.15) is 0 Å². The lowest BCUT2D eigenvalue weighted by molar-refractivity contribution is 0.0898. The molecule has 0 aliphatic rings. The number of hydrogen-bond acceptors (Lipinski definition) is 5. The summed E-state index contributed by atoms with van der Waals surface area (Å²) in [6.45, 7) is 8.01. The van der Waals surface area contributed by atoms with E-state index >= 15 is 0 Å². The van der Waals surface area contributed by atoms with Crippen molar-refractivity contribution < 1.29 is 9.13 Å². The molecule has 3 rings (SSSR count). The molecule has 0 spiro atoms. The van der Waals surface area contributed by atoms with Crippen molar-refractivity contribution in [3.8, 4) is 0 Å². The zero-order valence-corrected chi connectivity index (χ0v) is 15.7. The molecular formula is C17H22FN5OSi. The van der Waals surface area contributed by atoms with Gasteiger partial charge in [-0.3, -0.25) is 0 Å². The number of anilines is 2. The lowest BCUT2D eigenvalue weighted by Gasteiger charge is -2.15. The van der Waals surface area contributed by atoms with Crippen LogP contribution < -0.4 is 5.32 Å². The van der Waals surface area contributed by atoms with Crippen LogP contribution in [0.15, 0.2) is 36.8 Å². The number of nitrogens with zero attached hydrogens (tertiary/aromatic N) is 4. The van der Waals surface area contributed by atoms with Crippen molar-refractivity contribution in [2.45, 2.75) is 32.4 Å². The molecule has 8 heteroatoms. The average molecular weight is 359 g/mol. The fourth-order valence-electron chi connectivity index (χ4n) is 2.32. The Morgan fingerprint density at radius 2 is 2.12 bits per heavy atom. The quantitative estimate of drug-likeness (QED) is 0.510. The number of aromatic nitrogens is 4. The van der Waals surface area contributed by atoms with Crippen LogP contribution in [0.3, 0.4) is 0 Å². The molecule has 2 heterocycles. The highest BCUT2D eigenvalue weighted by molar-refractivity contribution is 6.76. The maximum atomic E-state index is 14.4. The second-order valence-corrected chi connectivity index (χ2v) is 12.7. The van der Waals surface area contributed by atoms with E-state index in [9.17, 15) is 4.39 Å². The third kappa shape index (κ3) is 4.61. The van der Waals surface area contributed by atoms with Crippen LogP contribution in [0.2, 0.25) is 25.7 Å². The van der Waals surface area contributed by atoms with Gasteiger partial charge in [0.1, 0.15) is 12.5 Å². The van der Waals surface area contributed by atoms with Gasteiger partial charge in [-0.15, -0.1) is 5.10 Å². The Balaban J connectivity index is 1.72. The molecule has 0 fully saturated rings. The van der Waals surface area contributed by atoms with Crippen molar-refractivity contribution in [1.82, 2.24) is 19.7 Å². The van der Waals surface area contributed by atoms with Gasteiger partial charge < -0.3 is 14.6 Å². The van der Waals surface area contributed by atoms with E-state index in [0.29, 0.717) is 35.9 Å². The van der Waals surface area contributed by atoms with Gasteiger partial charge in [-0.25, -0.2) is 9.37 Å². The van der Waals surface area contributed by atoms with E-state index in [-0.39, 0.29) is 5.82 Å². The third-order valence-electron chi connectivity index (χ3n) is 3.77. The molecule has 1 aromatic carbocycles. The van der Waals surface area contributed by atoms with Gasteiger partial charge in [-0.05, 0) is 24.2 Å². The summed E-state index contributed by atoms with van der Waals surface area (Å²) in [4.78, 5) is 4.34. The highest BCUT2D eigenvalue weighted by Gasteiger charge is 2.13. The second-order valence-electron chi connectivity index (χ2n) is 7.12. The molecule has 0 aliphatic carbocycles. The second kappa shape index (κ2) is 7.28. The Morgan fingerprint density at radius 1 is 1.28 bits per heavy atom. The van der Waals surface area contributed by atoms with E-state index in [4.69, 9.17) is 4.74 Å². The molecule has 0 bridgehead atoms. The fraction of sp³-hybridized carbons (Fsp3) is 0.353. The van der Waals surface area contributed by atoms with E-state index in [1.165, 1.54) is 6.07 Å². The summed E-state index contributed by atoms with van der Waals surface area (Å²) in [5.41, 5.74) is 1.72. The van der Waals surface area contributed by atoms with E-state index < -0.39 is 8.07 Å². The Kier molecular flexibility index (Phi) is 5.10. The number of imidazole rings is 1. The highest BCUT2D eigenvalue weighted by Crippen LogP contribution is 2.24. The molecular weight excluding hydrogens is 337 g/mol. The Labute approximate surface area is 147 Å². The van der Waals surface area contributed by atoms with Crippen molar-refractivity contribution >= 4 is 30.6 Å². The molecule has 132 valence electrons. The zero-order valence-electron chi connectivity index (χ0n) is 14.7. The predicted molar refractivity (Wildman–Crippen MR) is 99.1 cm³/mol. The summed E-state index contributed by atoms with van der Waals surface area (Å²) in [5.74, 6) is 0.108. The van der Waals surface area contributed by atoms with E-state index in [2.05, 4.69) is 40.1 Å². The molecule has 6 nitrogen and oxygen atoms in total. The van der Waals surface area contributed by atoms with Gasteiger partial charge in [0.2, 0.25) is 0 Å². The van der Waals surface area contributed by atoms with Gasteiger partial charge in [0.05, 0.1) is 23.0 Å². The van der Waals surface area contributed by atoms with Crippen molar-refractivity contribution in [3.63, 3.8) is 0 Å². The SMILES string of the molecule is C[Si](C)(C)CCOCn1cnc2cc(Nc3cccnn3)c(F)cc21. The molecule has 0 radical (unpaired) electrons. The first-order valence-corrected chi connectivity index (χ1v) is 11.9. The highest BCUT2D eigenvalue weighted by atomic mass is 28.3. The first-order chi connectivity index (χ1) is 11.9. The molecule has 0 unspecified atom stereocenters. The van der Waals surface area contributed by atoms with Crippen LogP contribution in [0.4, 0.5) is 15.9 Å². The molecule has 0 amide bonds. The van der Waals surface area contributed by atoms with Crippen molar-refractivity contribution in [1.29, 1.82) is 0 Å². The van der Waals surface area contributed by atoms with Gasteiger partial charge in [0.15, 0.2) is 5.82 Å². The zero-order chi connectivity index (χ0) is 17.9. The first-order valence-electron chi connectivity index (χ1n) is 8.19. The maximum absolute atomic E-state index is 14.4. The van der Waals surface area contributed by atoms with Crippen LogP contribution in [0.5, 0.6) is 0 Å². The summed E-state index contributed by atoms with van der Waals surface area (Å²) in [6.07, 6.45) is 3.24. The molecule has 25 heavy (non-hydrogen) atoms. The number of hydrogen-bond donors (Lipinski definition) is 1. The van der Waals surface area contributed by atoms with Gasteiger partial charge >= 0.3 is 0 Å². The van der Waals surface area contributed by atoms with E-state index in [1.807, 2.05) is 4.57 Å². The third-order valence-corrected chi connectivity index (χ3v) is 5.48. The van der Waals surface area contributed by atoms with E-state index in [0.717, 1.165) is 6.04 Å². The Bertz CT molecular complexity index is 847. The van der Waals surface area contributed by atoms with Crippen LogP contribution in [0.25, 0.3) is 11.0 Å². The summed E-state index contributed by atoms with van der Waals surface area (Å²) < 4.78 is 22.0. The van der Waals surface area contributed by atoms with Crippen molar-refractivity contribution in [2.24, 2.45) is 0 Å². The van der Waals surface area contributed by atoms with Crippen molar-refractivity contribution in [2.75, 3.05) is 11.9 Å². The minimum atomic E-state index is -1.12. The number of halogens is 1. The largest absolute Gasteiger partial charge is 0.361 e. The summed E-state index contributed by atoms with van der Waals surface area (Å²) in [7, 11) is -1.12. The number of rotatable bonds is 7. The fourth-order valence-corrected chi connectivity index (χ4v) is 3.08. The van der Waals surface area contributed by atoms with Crippen LogP contribution >= 0.6 is 0 Å². The number of benzene rings is 1.